The minimum atomic E-state index is -0.442. The van der Waals surface area contributed by atoms with Gasteiger partial charge in [-0.1, -0.05) is 0 Å². The highest BCUT2D eigenvalue weighted by atomic mass is 16.6. The summed E-state index contributed by atoms with van der Waals surface area (Å²) in [6.07, 6.45) is 5.45. The van der Waals surface area contributed by atoms with E-state index in [0.29, 0.717) is 6.54 Å². The molecule has 0 atom stereocenters. The van der Waals surface area contributed by atoms with Crippen LogP contribution in [0.5, 0.6) is 0 Å². The van der Waals surface area contributed by atoms with Gasteiger partial charge in [0.25, 0.3) is 0 Å². The van der Waals surface area contributed by atoms with E-state index in [-0.39, 0.29) is 6.09 Å². The largest absolute Gasteiger partial charge is 0.444 e. The number of fused-ring (bicyclic) bond motifs is 1. The number of ether oxygens (including phenoxy) is 1. The standard InChI is InChI=1S/C15H23N3O2/c1-15(2,3)20-14(19)17-7-6-12-9-18(8-11-4-5-11)16-13(12)10-17/h9,11H,4-8,10H2,1-3H3. The van der Waals surface area contributed by atoms with Crippen LogP contribution in [0.25, 0.3) is 0 Å². The van der Waals surface area contributed by atoms with Gasteiger partial charge < -0.3 is 9.64 Å². The molecule has 5 nitrogen and oxygen atoms in total. The predicted octanol–water partition coefficient (Wildman–Crippen LogP) is 2.59. The van der Waals surface area contributed by atoms with Crippen LogP contribution in [0.3, 0.4) is 0 Å². The van der Waals surface area contributed by atoms with Gasteiger partial charge in [-0.25, -0.2) is 4.79 Å². The summed E-state index contributed by atoms with van der Waals surface area (Å²) in [6.45, 7) is 8.00. The molecule has 1 aromatic heterocycles. The summed E-state index contributed by atoms with van der Waals surface area (Å²) in [6, 6.07) is 0. The maximum Gasteiger partial charge on any atom is 0.410 e. The number of aromatic nitrogens is 2. The fourth-order valence-electron chi connectivity index (χ4n) is 2.50. The highest BCUT2D eigenvalue weighted by molar-refractivity contribution is 5.68. The van der Waals surface area contributed by atoms with Crippen LogP contribution in [0.1, 0.15) is 44.9 Å². The van der Waals surface area contributed by atoms with Gasteiger partial charge in [-0.05, 0) is 51.5 Å². The first-order valence-corrected chi connectivity index (χ1v) is 7.44. The second-order valence-corrected chi connectivity index (χ2v) is 6.92. The molecule has 1 aromatic rings. The highest BCUT2D eigenvalue weighted by Gasteiger charge is 2.28. The van der Waals surface area contributed by atoms with Gasteiger partial charge in [0.05, 0.1) is 12.2 Å². The molecule has 0 N–H and O–H groups in total. The first-order chi connectivity index (χ1) is 9.40. The third kappa shape index (κ3) is 3.14. The Bertz CT molecular complexity index is 512. The molecule has 3 rings (SSSR count). The first kappa shape index (κ1) is 13.5. The number of nitrogens with zero attached hydrogens (tertiary/aromatic N) is 3. The molecule has 5 heteroatoms. The first-order valence-electron chi connectivity index (χ1n) is 7.44. The lowest BCUT2D eigenvalue weighted by Gasteiger charge is -2.29. The maximum absolute atomic E-state index is 12.1. The summed E-state index contributed by atoms with van der Waals surface area (Å²) in [4.78, 5) is 13.8. The number of carbonyl (C=O) groups is 1. The second-order valence-electron chi connectivity index (χ2n) is 6.92. The van der Waals surface area contributed by atoms with Crippen LogP contribution in [0.15, 0.2) is 6.20 Å². The molecule has 0 saturated heterocycles. The number of rotatable bonds is 2. The molecular weight excluding hydrogens is 254 g/mol. The molecule has 1 amide bonds. The van der Waals surface area contributed by atoms with Gasteiger partial charge in [-0.2, -0.15) is 5.10 Å². The van der Waals surface area contributed by atoms with Crippen molar-refractivity contribution >= 4 is 6.09 Å². The Morgan fingerprint density at radius 2 is 2.20 bits per heavy atom. The molecule has 1 aliphatic carbocycles. The Morgan fingerprint density at radius 3 is 2.85 bits per heavy atom. The number of hydrogen-bond donors (Lipinski definition) is 0. The van der Waals surface area contributed by atoms with E-state index in [1.807, 2.05) is 20.8 Å². The van der Waals surface area contributed by atoms with E-state index in [2.05, 4.69) is 16.0 Å². The van der Waals surface area contributed by atoms with Gasteiger partial charge in [0, 0.05) is 19.3 Å². The van der Waals surface area contributed by atoms with Crippen LogP contribution in [-0.2, 0) is 24.2 Å². The van der Waals surface area contributed by atoms with Crippen molar-refractivity contribution in [1.82, 2.24) is 14.7 Å². The summed E-state index contributed by atoms with van der Waals surface area (Å²) < 4.78 is 7.48. The third-order valence-electron chi connectivity index (χ3n) is 3.71. The monoisotopic (exact) mass is 277 g/mol. The average Bonchev–Trinajstić information content (AvgIpc) is 3.04. The molecule has 20 heavy (non-hydrogen) atoms. The van der Waals surface area contributed by atoms with E-state index >= 15 is 0 Å². The molecule has 0 spiro atoms. The maximum atomic E-state index is 12.1. The smallest absolute Gasteiger partial charge is 0.410 e. The molecule has 110 valence electrons. The van der Waals surface area contributed by atoms with Crippen LogP contribution in [0, 0.1) is 5.92 Å². The molecule has 0 unspecified atom stereocenters. The van der Waals surface area contributed by atoms with Crippen LogP contribution in [0.2, 0.25) is 0 Å². The second kappa shape index (κ2) is 4.79. The normalized spacial score (nSPS) is 18.9. The number of amides is 1. The van der Waals surface area contributed by atoms with Gasteiger partial charge in [0.2, 0.25) is 0 Å². The topological polar surface area (TPSA) is 47.4 Å². The van der Waals surface area contributed by atoms with Gasteiger partial charge in [-0.3, -0.25) is 4.68 Å². The highest BCUT2D eigenvalue weighted by Crippen LogP contribution is 2.31. The van der Waals surface area contributed by atoms with E-state index < -0.39 is 5.60 Å². The van der Waals surface area contributed by atoms with Crippen molar-refractivity contribution in [2.24, 2.45) is 5.92 Å². The van der Waals surface area contributed by atoms with E-state index in [1.54, 1.807) is 4.90 Å². The summed E-state index contributed by atoms with van der Waals surface area (Å²) in [5, 5.41) is 4.63. The minimum absolute atomic E-state index is 0.236. The zero-order valence-electron chi connectivity index (χ0n) is 12.6. The van der Waals surface area contributed by atoms with Crippen molar-refractivity contribution in [3.63, 3.8) is 0 Å². The predicted molar refractivity (Wildman–Crippen MR) is 75.3 cm³/mol. The molecule has 1 saturated carbocycles. The molecular formula is C15H23N3O2. The average molecular weight is 277 g/mol. The van der Waals surface area contributed by atoms with Crippen LogP contribution in [-0.4, -0.2) is 32.9 Å². The Labute approximate surface area is 119 Å². The molecule has 1 fully saturated rings. The summed E-state index contributed by atoms with van der Waals surface area (Å²) in [5.74, 6) is 0.818. The van der Waals surface area contributed by atoms with Crippen molar-refractivity contribution in [2.75, 3.05) is 6.54 Å². The lowest BCUT2D eigenvalue weighted by Crippen LogP contribution is -2.39. The molecule has 2 aliphatic rings. The van der Waals surface area contributed by atoms with Crippen LogP contribution < -0.4 is 0 Å². The van der Waals surface area contributed by atoms with Crippen molar-refractivity contribution in [2.45, 2.75) is 58.7 Å². The zero-order chi connectivity index (χ0) is 14.3. The molecule has 0 radical (unpaired) electrons. The lowest BCUT2D eigenvalue weighted by atomic mass is 10.1. The van der Waals surface area contributed by atoms with Crippen molar-refractivity contribution in [3.05, 3.63) is 17.5 Å². The summed E-state index contributed by atoms with van der Waals surface area (Å²) in [7, 11) is 0. The minimum Gasteiger partial charge on any atom is -0.444 e. The SMILES string of the molecule is CC(C)(C)OC(=O)N1CCc2cn(CC3CC3)nc2C1. The van der Waals surface area contributed by atoms with E-state index in [4.69, 9.17) is 4.74 Å². The Hall–Kier alpha value is -1.52. The fourth-order valence-corrected chi connectivity index (χ4v) is 2.50. The van der Waals surface area contributed by atoms with Gasteiger partial charge in [-0.15, -0.1) is 0 Å². The van der Waals surface area contributed by atoms with E-state index in [0.717, 1.165) is 31.1 Å². The molecule has 0 aromatic carbocycles. The lowest BCUT2D eigenvalue weighted by molar-refractivity contribution is 0.0221. The van der Waals surface area contributed by atoms with Crippen molar-refractivity contribution in [3.8, 4) is 0 Å². The zero-order valence-corrected chi connectivity index (χ0v) is 12.6. The molecule has 0 bridgehead atoms. The van der Waals surface area contributed by atoms with Crippen molar-refractivity contribution in [1.29, 1.82) is 0 Å². The summed E-state index contributed by atoms with van der Waals surface area (Å²) in [5.41, 5.74) is 1.87. The fraction of sp³-hybridized carbons (Fsp3) is 0.733. The summed E-state index contributed by atoms with van der Waals surface area (Å²) >= 11 is 0. The van der Waals surface area contributed by atoms with Gasteiger partial charge in [0.1, 0.15) is 5.60 Å². The van der Waals surface area contributed by atoms with Gasteiger partial charge in [0.15, 0.2) is 0 Å². The molecule has 1 aliphatic heterocycles. The third-order valence-corrected chi connectivity index (χ3v) is 3.71. The Morgan fingerprint density at radius 1 is 1.45 bits per heavy atom. The Kier molecular flexibility index (Phi) is 3.22. The van der Waals surface area contributed by atoms with Crippen LogP contribution in [0.4, 0.5) is 4.79 Å². The molecule has 2 heterocycles. The Balaban J connectivity index is 1.65. The van der Waals surface area contributed by atoms with Gasteiger partial charge >= 0.3 is 6.09 Å². The quantitative estimate of drug-likeness (QED) is 0.834. The van der Waals surface area contributed by atoms with E-state index in [9.17, 15) is 4.79 Å². The van der Waals surface area contributed by atoms with E-state index in [1.165, 1.54) is 18.4 Å². The number of carbonyl (C=O) groups excluding carboxylic acids is 1. The van der Waals surface area contributed by atoms with Crippen LogP contribution >= 0.6 is 0 Å². The number of hydrogen-bond acceptors (Lipinski definition) is 3. The van der Waals surface area contributed by atoms with Crippen molar-refractivity contribution < 1.29 is 9.53 Å².